The van der Waals surface area contributed by atoms with Gasteiger partial charge in [0, 0.05) is 62.5 Å². The van der Waals surface area contributed by atoms with Crippen molar-refractivity contribution >= 4 is 23.0 Å². The third kappa shape index (κ3) is 6.94. The van der Waals surface area contributed by atoms with Crippen LogP contribution >= 0.6 is 0 Å². The summed E-state index contributed by atoms with van der Waals surface area (Å²) in [6.07, 6.45) is 5.56. The van der Waals surface area contributed by atoms with Gasteiger partial charge in [-0.3, -0.25) is 9.58 Å². The van der Waals surface area contributed by atoms with Crippen molar-refractivity contribution in [3.63, 3.8) is 0 Å². The number of β-amino-alcohol motifs (C(OH)–C–C–N with tert-alkyl or cyclic N) is 1. The summed E-state index contributed by atoms with van der Waals surface area (Å²) in [6.45, 7) is 3.68. The molecule has 1 saturated heterocycles. The van der Waals surface area contributed by atoms with Crippen molar-refractivity contribution in [3.05, 3.63) is 120 Å². The molecule has 1 saturated carbocycles. The first-order valence-corrected chi connectivity index (χ1v) is 18.2. The second-order valence-corrected chi connectivity index (χ2v) is 14.4. The maximum absolute atomic E-state index is 15.1. The molecule has 0 radical (unpaired) electrons. The maximum Gasteiger partial charge on any atom is 0.272 e. The second-order valence-electron chi connectivity index (χ2n) is 14.4. The minimum Gasteiger partial charge on any atom is -0.382 e. The van der Waals surface area contributed by atoms with E-state index in [0.717, 1.165) is 18.0 Å². The molecule has 2 aromatic carbocycles. The monoisotopic (exact) mass is 782 g/mol. The van der Waals surface area contributed by atoms with E-state index in [0.29, 0.717) is 65.6 Å². The summed E-state index contributed by atoms with van der Waals surface area (Å²) in [6, 6.07) is 15.7. The Bertz CT molecular complexity index is 2570. The van der Waals surface area contributed by atoms with Crippen molar-refractivity contribution in [1.29, 1.82) is 0 Å². The normalized spacial score (nSPS) is 17.9. The maximum atomic E-state index is 15.1. The average molecular weight is 783 g/mol. The summed E-state index contributed by atoms with van der Waals surface area (Å²) in [5.74, 6) is -3.78. The highest BCUT2D eigenvalue weighted by atomic mass is 19.3. The van der Waals surface area contributed by atoms with Gasteiger partial charge in [0.05, 0.1) is 40.9 Å². The zero-order chi connectivity index (χ0) is 39.5. The second kappa shape index (κ2) is 14.0. The van der Waals surface area contributed by atoms with Crippen LogP contribution in [-0.4, -0.2) is 92.8 Å². The molecule has 9 rings (SSSR count). The Hall–Kier alpha value is -6.27. The van der Waals surface area contributed by atoms with Crippen LogP contribution in [0.4, 0.5) is 39.4 Å². The highest BCUT2D eigenvalue weighted by Gasteiger charge is 2.59. The lowest BCUT2D eigenvalue weighted by atomic mass is 9.92. The van der Waals surface area contributed by atoms with E-state index >= 15 is 4.39 Å². The molecule has 2 unspecified atom stereocenters. The Kier molecular flexibility index (Phi) is 8.96. The SMILES string of the molecule is Cc1c(Nc2nccc(-c3c(-c4ccc(F)cc4)nn4c(N5CCN(CC(O)(Cn6cncn6)c6ccc(F)cc6F)CC5)cccc34)n2)cnn1C1CC1(F)F. The lowest BCUT2D eigenvalue weighted by Gasteiger charge is -2.40. The van der Waals surface area contributed by atoms with Crippen molar-refractivity contribution < 1.29 is 27.1 Å². The number of piperazine rings is 1. The van der Waals surface area contributed by atoms with Gasteiger partial charge >= 0.3 is 0 Å². The first kappa shape index (κ1) is 36.4. The summed E-state index contributed by atoms with van der Waals surface area (Å²) < 4.78 is 75.3. The molecule has 0 bridgehead atoms. The van der Waals surface area contributed by atoms with E-state index in [-0.39, 0.29) is 31.0 Å². The molecule has 5 aromatic heterocycles. The Morgan fingerprint density at radius 1 is 0.930 bits per heavy atom. The molecular formula is C39H35F5N12O. The summed E-state index contributed by atoms with van der Waals surface area (Å²) in [7, 11) is 0. The van der Waals surface area contributed by atoms with Gasteiger partial charge in [-0.05, 0) is 55.5 Å². The van der Waals surface area contributed by atoms with Crippen molar-refractivity contribution in [2.24, 2.45) is 0 Å². The van der Waals surface area contributed by atoms with Gasteiger partial charge in [-0.15, -0.1) is 0 Å². The quantitative estimate of drug-likeness (QED) is 0.151. The molecule has 2 aliphatic rings. The smallest absolute Gasteiger partial charge is 0.272 e. The zero-order valence-electron chi connectivity index (χ0n) is 30.4. The first-order chi connectivity index (χ1) is 27.5. The zero-order valence-corrected chi connectivity index (χ0v) is 30.4. The van der Waals surface area contributed by atoms with Crippen LogP contribution in [-0.2, 0) is 12.1 Å². The Labute approximate surface area is 322 Å². The van der Waals surface area contributed by atoms with Crippen LogP contribution < -0.4 is 10.2 Å². The van der Waals surface area contributed by atoms with Crippen molar-refractivity contribution in [3.8, 4) is 22.5 Å². The van der Waals surface area contributed by atoms with Crippen molar-refractivity contribution in [2.75, 3.05) is 42.9 Å². The predicted molar refractivity (Wildman–Crippen MR) is 199 cm³/mol. The fourth-order valence-electron chi connectivity index (χ4n) is 7.54. The van der Waals surface area contributed by atoms with Gasteiger partial charge in [-0.2, -0.15) is 15.3 Å². The van der Waals surface area contributed by atoms with E-state index in [1.807, 2.05) is 27.6 Å². The van der Waals surface area contributed by atoms with Gasteiger partial charge < -0.3 is 15.3 Å². The molecule has 2 fully saturated rings. The number of aromatic nitrogens is 9. The number of anilines is 3. The summed E-state index contributed by atoms with van der Waals surface area (Å²) in [5, 5.41) is 28.4. The third-order valence-corrected chi connectivity index (χ3v) is 10.6. The predicted octanol–water partition coefficient (Wildman–Crippen LogP) is 6.01. The number of aliphatic hydroxyl groups is 1. The molecule has 18 heteroatoms. The molecular weight excluding hydrogens is 748 g/mol. The Balaban J connectivity index is 1.01. The van der Waals surface area contributed by atoms with Gasteiger partial charge in [0.25, 0.3) is 5.92 Å². The van der Waals surface area contributed by atoms with Crippen molar-refractivity contribution in [1.82, 2.24) is 49.0 Å². The molecule has 57 heavy (non-hydrogen) atoms. The van der Waals surface area contributed by atoms with Crippen LogP contribution in [0.3, 0.4) is 0 Å². The van der Waals surface area contributed by atoms with E-state index in [9.17, 15) is 22.7 Å². The number of benzene rings is 2. The van der Waals surface area contributed by atoms with Gasteiger partial charge in [0.2, 0.25) is 5.95 Å². The van der Waals surface area contributed by atoms with Crippen LogP contribution in [0.2, 0.25) is 0 Å². The van der Waals surface area contributed by atoms with Crippen LogP contribution in [0.25, 0.3) is 28.0 Å². The fourth-order valence-corrected chi connectivity index (χ4v) is 7.54. The Morgan fingerprint density at radius 2 is 1.70 bits per heavy atom. The van der Waals surface area contributed by atoms with E-state index in [2.05, 4.69) is 30.4 Å². The van der Waals surface area contributed by atoms with E-state index in [4.69, 9.17) is 10.1 Å². The number of pyridine rings is 1. The van der Waals surface area contributed by atoms with E-state index < -0.39 is 35.0 Å². The van der Waals surface area contributed by atoms with Gasteiger partial charge in [0.1, 0.15) is 53.3 Å². The molecule has 1 aliphatic carbocycles. The summed E-state index contributed by atoms with van der Waals surface area (Å²) in [5.41, 5.74) is 2.33. The van der Waals surface area contributed by atoms with Crippen molar-refractivity contribution in [2.45, 2.75) is 37.5 Å². The number of nitrogens with one attached hydrogen (secondary N) is 1. The minimum atomic E-state index is -2.78. The van der Waals surface area contributed by atoms with Crippen LogP contribution in [0.15, 0.2) is 91.8 Å². The fraction of sp³-hybridized carbons (Fsp3) is 0.282. The number of nitrogens with zero attached hydrogens (tertiary/aromatic N) is 11. The number of rotatable bonds is 11. The highest BCUT2D eigenvalue weighted by molar-refractivity contribution is 5.91. The standard InChI is InChI=1S/C39H35F5N12O/c1-24-31(19-47-55(24)33-18-39(33,43)44)50-37-46-12-11-30(49-37)35-32-3-2-4-34(56(32)51-36(35)25-5-7-26(40)8-6-25)53-15-13-52(14-16-53)20-38(57,21-54-23-45-22-48-54)28-10-9-27(41)17-29(28)42/h2-12,17,19,22-23,33,57H,13-16,18,20-21H2,1H3,(H,46,49,50). The number of hydrogen-bond acceptors (Lipinski definition) is 10. The first-order valence-electron chi connectivity index (χ1n) is 18.2. The third-order valence-electron chi connectivity index (χ3n) is 10.6. The molecule has 6 heterocycles. The van der Waals surface area contributed by atoms with Crippen LogP contribution in [0.5, 0.6) is 0 Å². The van der Waals surface area contributed by atoms with Gasteiger partial charge in [-0.25, -0.2) is 46.1 Å². The van der Waals surface area contributed by atoms with Crippen LogP contribution in [0, 0.1) is 24.4 Å². The van der Waals surface area contributed by atoms with E-state index in [1.54, 1.807) is 31.3 Å². The van der Waals surface area contributed by atoms with Gasteiger partial charge in [-0.1, -0.05) is 12.1 Å². The van der Waals surface area contributed by atoms with Crippen LogP contribution in [0.1, 0.15) is 23.7 Å². The topological polar surface area (TPSA) is 130 Å². The lowest BCUT2D eigenvalue weighted by molar-refractivity contribution is -0.0227. The summed E-state index contributed by atoms with van der Waals surface area (Å²) >= 11 is 0. The molecule has 2 atom stereocenters. The molecule has 2 N–H and O–H groups in total. The molecule has 1 aliphatic heterocycles. The largest absolute Gasteiger partial charge is 0.382 e. The Morgan fingerprint density at radius 3 is 2.42 bits per heavy atom. The van der Waals surface area contributed by atoms with Gasteiger partial charge in [0.15, 0.2) is 0 Å². The molecule has 7 aromatic rings. The average Bonchev–Trinajstić information content (AvgIpc) is 3.60. The number of fused-ring (bicyclic) bond motifs is 1. The number of hydrogen-bond donors (Lipinski definition) is 2. The number of halogens is 5. The minimum absolute atomic E-state index is 0.0415. The molecule has 292 valence electrons. The lowest BCUT2D eigenvalue weighted by Crippen LogP contribution is -2.52. The molecule has 0 spiro atoms. The summed E-state index contributed by atoms with van der Waals surface area (Å²) in [4.78, 5) is 17.3. The molecule has 13 nitrogen and oxygen atoms in total. The highest BCUT2D eigenvalue weighted by Crippen LogP contribution is 2.53. The number of alkyl halides is 2. The van der Waals surface area contributed by atoms with E-state index in [1.165, 1.54) is 46.4 Å². The molecule has 0 amide bonds.